The molecular formula is C14H23N3OS. The van der Waals surface area contributed by atoms with Gasteiger partial charge in [-0.25, -0.2) is 4.98 Å². The highest BCUT2D eigenvalue weighted by atomic mass is 32.1. The summed E-state index contributed by atoms with van der Waals surface area (Å²) in [5, 5.41) is 13.6. The summed E-state index contributed by atoms with van der Waals surface area (Å²) in [6.45, 7) is 11.4. The van der Waals surface area contributed by atoms with E-state index in [4.69, 9.17) is 0 Å². The minimum atomic E-state index is -0.678. The van der Waals surface area contributed by atoms with E-state index in [2.05, 4.69) is 27.8 Å². The van der Waals surface area contributed by atoms with Crippen molar-refractivity contribution in [2.75, 3.05) is 6.54 Å². The molecule has 0 amide bonds. The van der Waals surface area contributed by atoms with Crippen LogP contribution in [0, 0.1) is 19.8 Å². The Morgan fingerprint density at radius 1 is 1.47 bits per heavy atom. The smallest absolute Gasteiger partial charge is 0.194 e. The maximum absolute atomic E-state index is 10.2. The number of hydrogen-bond acceptors (Lipinski definition) is 4. The molecule has 4 nitrogen and oxygen atoms in total. The fourth-order valence-electron chi connectivity index (χ4n) is 1.96. The number of aryl methyl sites for hydroxylation is 2. The molecule has 2 aromatic heterocycles. The molecule has 0 bridgehead atoms. The molecule has 1 unspecified atom stereocenters. The molecule has 5 heteroatoms. The maximum Gasteiger partial charge on any atom is 0.194 e. The molecule has 2 heterocycles. The SMILES string of the molecule is Cc1cn2c(CNCC(C)(O)C(C)C)c(C)nc2s1. The highest BCUT2D eigenvalue weighted by Gasteiger charge is 2.24. The van der Waals surface area contributed by atoms with Gasteiger partial charge in [-0.05, 0) is 26.7 Å². The number of aliphatic hydroxyl groups is 1. The zero-order valence-corrected chi connectivity index (χ0v) is 13.1. The Hall–Kier alpha value is -0.910. The molecule has 1 atom stereocenters. The van der Waals surface area contributed by atoms with Crippen LogP contribution in [0.25, 0.3) is 4.96 Å². The first kappa shape index (κ1) is 14.5. The second-order valence-electron chi connectivity index (χ2n) is 5.75. The molecule has 0 saturated heterocycles. The lowest BCUT2D eigenvalue weighted by Gasteiger charge is -2.27. The Morgan fingerprint density at radius 2 is 2.16 bits per heavy atom. The number of rotatable bonds is 5. The normalized spacial score (nSPS) is 15.3. The number of nitrogens with one attached hydrogen (secondary N) is 1. The molecule has 0 aliphatic heterocycles. The van der Waals surface area contributed by atoms with Gasteiger partial charge in [-0.15, -0.1) is 11.3 Å². The third kappa shape index (κ3) is 2.99. The first-order chi connectivity index (χ1) is 8.81. The van der Waals surface area contributed by atoms with Crippen molar-refractivity contribution in [1.29, 1.82) is 0 Å². The maximum atomic E-state index is 10.2. The van der Waals surface area contributed by atoms with Crippen LogP contribution in [-0.4, -0.2) is 26.6 Å². The van der Waals surface area contributed by atoms with Crippen LogP contribution in [0.15, 0.2) is 6.20 Å². The van der Waals surface area contributed by atoms with Gasteiger partial charge in [0.1, 0.15) is 0 Å². The standard InChI is InChI=1S/C14H23N3OS/c1-9(2)14(5,18)8-15-6-12-11(4)16-13-17(12)7-10(3)19-13/h7,9,15,18H,6,8H2,1-5H3. The van der Waals surface area contributed by atoms with Gasteiger partial charge in [0.05, 0.1) is 17.0 Å². The summed E-state index contributed by atoms with van der Waals surface area (Å²) in [6.07, 6.45) is 2.12. The third-order valence-corrected chi connectivity index (χ3v) is 4.66. The van der Waals surface area contributed by atoms with E-state index in [1.54, 1.807) is 11.3 Å². The number of thiazole rings is 1. The first-order valence-corrected chi connectivity index (χ1v) is 7.50. The van der Waals surface area contributed by atoms with Gasteiger partial charge in [-0.2, -0.15) is 0 Å². The number of nitrogens with zero attached hydrogens (tertiary/aromatic N) is 2. The van der Waals surface area contributed by atoms with Crippen molar-refractivity contribution in [3.8, 4) is 0 Å². The van der Waals surface area contributed by atoms with Gasteiger partial charge in [0.15, 0.2) is 4.96 Å². The van der Waals surface area contributed by atoms with Gasteiger partial charge in [0.2, 0.25) is 0 Å². The average Bonchev–Trinajstić information content (AvgIpc) is 2.76. The van der Waals surface area contributed by atoms with Crippen LogP contribution in [0.2, 0.25) is 0 Å². The van der Waals surface area contributed by atoms with Crippen molar-refractivity contribution in [2.24, 2.45) is 5.92 Å². The number of imidazole rings is 1. The summed E-state index contributed by atoms with van der Waals surface area (Å²) in [5.41, 5.74) is 1.56. The monoisotopic (exact) mass is 281 g/mol. The third-order valence-electron chi connectivity index (χ3n) is 3.76. The molecular weight excluding hydrogens is 258 g/mol. The fraction of sp³-hybridized carbons (Fsp3) is 0.643. The van der Waals surface area contributed by atoms with Gasteiger partial charge >= 0.3 is 0 Å². The van der Waals surface area contributed by atoms with Gasteiger partial charge < -0.3 is 10.4 Å². The summed E-state index contributed by atoms with van der Waals surface area (Å²) in [5.74, 6) is 0.231. The zero-order chi connectivity index (χ0) is 14.2. The van der Waals surface area contributed by atoms with E-state index in [1.165, 1.54) is 10.6 Å². The van der Waals surface area contributed by atoms with E-state index in [9.17, 15) is 5.11 Å². The van der Waals surface area contributed by atoms with E-state index < -0.39 is 5.60 Å². The van der Waals surface area contributed by atoms with Crippen molar-refractivity contribution in [2.45, 2.75) is 46.8 Å². The van der Waals surface area contributed by atoms with E-state index in [-0.39, 0.29) is 5.92 Å². The topological polar surface area (TPSA) is 49.6 Å². The van der Waals surface area contributed by atoms with E-state index in [0.29, 0.717) is 6.54 Å². The molecule has 0 aliphatic rings. The molecule has 0 aromatic carbocycles. The molecule has 19 heavy (non-hydrogen) atoms. The van der Waals surface area contributed by atoms with Gasteiger partial charge in [0.25, 0.3) is 0 Å². The quantitative estimate of drug-likeness (QED) is 0.885. The van der Waals surface area contributed by atoms with Gasteiger partial charge in [0, 0.05) is 24.2 Å². The number of aromatic nitrogens is 2. The summed E-state index contributed by atoms with van der Waals surface area (Å²) in [6, 6.07) is 0. The van der Waals surface area contributed by atoms with Crippen molar-refractivity contribution in [1.82, 2.24) is 14.7 Å². The Balaban J connectivity index is 2.07. The van der Waals surface area contributed by atoms with E-state index >= 15 is 0 Å². The summed E-state index contributed by atoms with van der Waals surface area (Å²) in [7, 11) is 0. The summed E-state index contributed by atoms with van der Waals surface area (Å²) >= 11 is 1.71. The molecule has 2 N–H and O–H groups in total. The second kappa shape index (κ2) is 5.23. The first-order valence-electron chi connectivity index (χ1n) is 6.68. The number of hydrogen-bond donors (Lipinski definition) is 2. The van der Waals surface area contributed by atoms with Crippen LogP contribution < -0.4 is 5.32 Å². The second-order valence-corrected chi connectivity index (χ2v) is 6.97. The largest absolute Gasteiger partial charge is 0.389 e. The van der Waals surface area contributed by atoms with Crippen molar-refractivity contribution in [3.05, 3.63) is 22.5 Å². The van der Waals surface area contributed by atoms with Gasteiger partial charge in [-0.1, -0.05) is 13.8 Å². The van der Waals surface area contributed by atoms with Crippen LogP contribution in [-0.2, 0) is 6.54 Å². The lowest BCUT2D eigenvalue weighted by Crippen LogP contribution is -2.42. The lowest BCUT2D eigenvalue weighted by molar-refractivity contribution is 0.0139. The predicted octanol–water partition coefficient (Wildman–Crippen LogP) is 2.51. The van der Waals surface area contributed by atoms with E-state index in [1.807, 2.05) is 27.7 Å². The van der Waals surface area contributed by atoms with Crippen molar-refractivity contribution >= 4 is 16.3 Å². The highest BCUT2D eigenvalue weighted by molar-refractivity contribution is 7.17. The molecule has 0 spiro atoms. The zero-order valence-electron chi connectivity index (χ0n) is 12.3. The van der Waals surface area contributed by atoms with E-state index in [0.717, 1.165) is 17.2 Å². The van der Waals surface area contributed by atoms with Crippen LogP contribution in [0.3, 0.4) is 0 Å². The minimum absolute atomic E-state index is 0.231. The minimum Gasteiger partial charge on any atom is -0.389 e. The Labute approximate surface area is 118 Å². The highest BCUT2D eigenvalue weighted by Crippen LogP contribution is 2.21. The summed E-state index contributed by atoms with van der Waals surface area (Å²) < 4.78 is 2.15. The van der Waals surface area contributed by atoms with Crippen LogP contribution in [0.1, 0.15) is 37.0 Å². The van der Waals surface area contributed by atoms with Crippen LogP contribution >= 0.6 is 11.3 Å². The lowest BCUT2D eigenvalue weighted by atomic mass is 9.92. The van der Waals surface area contributed by atoms with Crippen LogP contribution in [0.4, 0.5) is 0 Å². The molecule has 2 aromatic rings. The molecule has 2 rings (SSSR count). The number of fused-ring (bicyclic) bond motifs is 1. The predicted molar refractivity (Wildman–Crippen MR) is 79.7 cm³/mol. The van der Waals surface area contributed by atoms with Gasteiger partial charge in [-0.3, -0.25) is 4.40 Å². The summed E-state index contributed by atoms with van der Waals surface area (Å²) in [4.78, 5) is 6.87. The Morgan fingerprint density at radius 3 is 2.79 bits per heavy atom. The van der Waals surface area contributed by atoms with Crippen LogP contribution in [0.5, 0.6) is 0 Å². The molecule has 0 radical (unpaired) electrons. The Bertz CT molecular complexity index is 569. The average molecular weight is 281 g/mol. The molecule has 0 fully saturated rings. The van der Waals surface area contributed by atoms with Crippen molar-refractivity contribution < 1.29 is 5.11 Å². The Kier molecular flexibility index (Phi) is 3.99. The van der Waals surface area contributed by atoms with Crippen molar-refractivity contribution in [3.63, 3.8) is 0 Å². The fourth-order valence-corrected chi connectivity index (χ4v) is 2.85. The molecule has 106 valence electrons. The molecule has 0 aliphatic carbocycles. The molecule has 0 saturated carbocycles.